The molecule has 4 rings (SSSR count). The number of hydrogen-bond acceptors (Lipinski definition) is 4. The molecule has 0 aliphatic heterocycles. The summed E-state index contributed by atoms with van der Waals surface area (Å²) in [4.78, 5) is 25.9. The fourth-order valence-corrected chi connectivity index (χ4v) is 3.20. The van der Waals surface area contributed by atoms with E-state index in [0.717, 1.165) is 5.56 Å². The number of fused-ring (bicyclic) bond motifs is 1. The van der Waals surface area contributed by atoms with Gasteiger partial charge in [0.15, 0.2) is 11.2 Å². The van der Waals surface area contributed by atoms with Gasteiger partial charge >= 0.3 is 0 Å². The first-order valence-electron chi connectivity index (χ1n) is 7.79. The maximum absolute atomic E-state index is 12.9. The Bertz CT molecular complexity index is 988. The van der Waals surface area contributed by atoms with E-state index in [1.54, 1.807) is 41.6 Å². The van der Waals surface area contributed by atoms with E-state index >= 15 is 0 Å². The summed E-state index contributed by atoms with van der Waals surface area (Å²) in [7, 11) is 0. The van der Waals surface area contributed by atoms with Gasteiger partial charge in [0.1, 0.15) is 5.52 Å². The van der Waals surface area contributed by atoms with Crippen molar-refractivity contribution in [3.63, 3.8) is 0 Å². The van der Waals surface area contributed by atoms with Crippen molar-refractivity contribution in [2.24, 2.45) is 5.73 Å². The average Bonchev–Trinajstić information content (AvgIpc) is 3.09. The van der Waals surface area contributed by atoms with Gasteiger partial charge in [-0.05, 0) is 23.8 Å². The molecule has 0 saturated carbocycles. The van der Waals surface area contributed by atoms with Crippen molar-refractivity contribution in [3.05, 3.63) is 90.6 Å². The zero-order chi connectivity index (χ0) is 17.3. The Morgan fingerprint density at radius 2 is 1.68 bits per heavy atom. The van der Waals surface area contributed by atoms with Gasteiger partial charge in [0, 0.05) is 24.2 Å². The van der Waals surface area contributed by atoms with Gasteiger partial charge in [-0.3, -0.25) is 14.3 Å². The van der Waals surface area contributed by atoms with E-state index in [1.165, 1.54) is 0 Å². The van der Waals surface area contributed by atoms with Crippen molar-refractivity contribution in [3.8, 4) is 0 Å². The number of rotatable bonds is 4. The van der Waals surface area contributed by atoms with Crippen LogP contribution in [-0.2, 0) is 10.3 Å². The summed E-state index contributed by atoms with van der Waals surface area (Å²) in [5.74, 6) is -0.531. The second kappa shape index (κ2) is 5.83. The van der Waals surface area contributed by atoms with Crippen LogP contribution in [0.4, 0.5) is 0 Å². The lowest BCUT2D eigenvalue weighted by Crippen LogP contribution is -2.48. The van der Waals surface area contributed by atoms with Gasteiger partial charge in [-0.25, -0.2) is 9.97 Å². The second-order valence-corrected chi connectivity index (χ2v) is 5.64. The van der Waals surface area contributed by atoms with Crippen LogP contribution in [0, 0.1) is 0 Å². The Kier molecular flexibility index (Phi) is 3.50. The molecule has 1 atom stereocenters. The fraction of sp³-hybridized carbons (Fsp3) is 0.0526. The zero-order valence-corrected chi connectivity index (χ0v) is 13.3. The third kappa shape index (κ3) is 2.19. The fourth-order valence-electron chi connectivity index (χ4n) is 3.20. The number of carbonyl (C=O) groups excluding carboxylic acids is 1. The molecular weight excluding hydrogens is 314 g/mol. The Labute approximate surface area is 144 Å². The lowest BCUT2D eigenvalue weighted by molar-refractivity contribution is -0.123. The third-order valence-electron chi connectivity index (χ3n) is 4.30. The predicted octanol–water partition coefficient (Wildman–Crippen LogP) is 2.10. The van der Waals surface area contributed by atoms with Gasteiger partial charge in [0.05, 0.1) is 6.33 Å². The maximum atomic E-state index is 12.9. The summed E-state index contributed by atoms with van der Waals surface area (Å²) < 4.78 is 1.72. The smallest absolute Gasteiger partial charge is 0.253 e. The zero-order valence-electron chi connectivity index (χ0n) is 13.3. The van der Waals surface area contributed by atoms with Gasteiger partial charge in [-0.15, -0.1) is 0 Å². The summed E-state index contributed by atoms with van der Waals surface area (Å²) in [6, 6.07) is 16.6. The van der Waals surface area contributed by atoms with Crippen LogP contribution >= 0.6 is 0 Å². The lowest BCUT2D eigenvalue weighted by Gasteiger charge is -2.33. The largest absolute Gasteiger partial charge is 0.367 e. The topological polar surface area (TPSA) is 86.7 Å². The molecule has 0 radical (unpaired) electrons. The Hall–Kier alpha value is -3.54. The maximum Gasteiger partial charge on any atom is 0.253 e. The minimum absolute atomic E-state index is 0.531. The number of carbonyl (C=O) groups is 1. The van der Waals surface area contributed by atoms with Crippen LogP contribution < -0.4 is 5.73 Å². The normalized spacial score (nSPS) is 13.4. The quantitative estimate of drug-likeness (QED) is 0.621. The molecule has 0 aliphatic carbocycles. The first-order chi connectivity index (χ1) is 12.2. The number of nitrogens with zero attached hydrogens (tertiary/aromatic N) is 4. The standard InChI is InChI=1S/C19H15N5O/c20-18(25)19(14-6-2-1-3-7-14,15-8-4-10-21-12-15)24-13-23-16-9-5-11-22-17(16)24/h1-13H,(H2,20,25). The van der Waals surface area contributed by atoms with Crippen molar-refractivity contribution in [2.45, 2.75) is 5.54 Å². The molecule has 0 aliphatic rings. The van der Waals surface area contributed by atoms with Gasteiger partial charge < -0.3 is 5.73 Å². The Morgan fingerprint density at radius 3 is 2.40 bits per heavy atom. The van der Waals surface area contributed by atoms with E-state index < -0.39 is 11.4 Å². The van der Waals surface area contributed by atoms with Crippen LogP contribution in [0.5, 0.6) is 0 Å². The number of aromatic nitrogens is 4. The van der Waals surface area contributed by atoms with Gasteiger partial charge in [-0.2, -0.15) is 0 Å². The number of amides is 1. The van der Waals surface area contributed by atoms with Crippen molar-refractivity contribution >= 4 is 17.1 Å². The van der Waals surface area contributed by atoms with Crippen molar-refractivity contribution < 1.29 is 4.79 Å². The molecule has 0 fully saturated rings. The minimum Gasteiger partial charge on any atom is -0.367 e. The minimum atomic E-state index is -1.29. The van der Waals surface area contributed by atoms with E-state index in [-0.39, 0.29) is 0 Å². The summed E-state index contributed by atoms with van der Waals surface area (Å²) in [6.07, 6.45) is 6.57. The molecule has 0 saturated heterocycles. The second-order valence-electron chi connectivity index (χ2n) is 5.64. The Balaban J connectivity index is 2.14. The monoisotopic (exact) mass is 329 g/mol. The highest BCUT2D eigenvalue weighted by atomic mass is 16.1. The molecule has 1 amide bonds. The number of primary amides is 1. The molecule has 2 N–H and O–H groups in total. The van der Waals surface area contributed by atoms with Crippen LogP contribution in [0.3, 0.4) is 0 Å². The predicted molar refractivity (Wildman–Crippen MR) is 93.6 cm³/mol. The summed E-state index contributed by atoms with van der Waals surface area (Å²) in [5, 5.41) is 0. The molecule has 0 spiro atoms. The molecule has 6 nitrogen and oxygen atoms in total. The summed E-state index contributed by atoms with van der Waals surface area (Å²) >= 11 is 0. The molecular formula is C19H15N5O. The van der Waals surface area contributed by atoms with Crippen molar-refractivity contribution in [1.82, 2.24) is 19.5 Å². The number of hydrogen-bond donors (Lipinski definition) is 1. The summed E-state index contributed by atoms with van der Waals surface area (Å²) in [5.41, 5.74) is 7.32. The first kappa shape index (κ1) is 15.0. The number of nitrogens with two attached hydrogens (primary N) is 1. The van der Waals surface area contributed by atoms with Gasteiger partial charge in [-0.1, -0.05) is 36.4 Å². The van der Waals surface area contributed by atoms with Gasteiger partial charge in [0.25, 0.3) is 5.91 Å². The average molecular weight is 329 g/mol. The highest BCUT2D eigenvalue weighted by molar-refractivity contribution is 5.92. The number of benzene rings is 1. The highest BCUT2D eigenvalue weighted by Crippen LogP contribution is 2.35. The van der Waals surface area contributed by atoms with Crippen LogP contribution in [0.2, 0.25) is 0 Å². The van der Waals surface area contributed by atoms with E-state index in [1.807, 2.05) is 42.5 Å². The van der Waals surface area contributed by atoms with Gasteiger partial charge in [0.2, 0.25) is 0 Å². The lowest BCUT2D eigenvalue weighted by atomic mass is 9.82. The van der Waals surface area contributed by atoms with E-state index in [0.29, 0.717) is 16.7 Å². The molecule has 6 heteroatoms. The van der Waals surface area contributed by atoms with Crippen LogP contribution in [0.25, 0.3) is 11.2 Å². The van der Waals surface area contributed by atoms with Crippen molar-refractivity contribution in [1.29, 1.82) is 0 Å². The summed E-state index contributed by atoms with van der Waals surface area (Å²) in [6.45, 7) is 0. The highest BCUT2D eigenvalue weighted by Gasteiger charge is 2.44. The Morgan fingerprint density at radius 1 is 0.920 bits per heavy atom. The molecule has 0 bridgehead atoms. The van der Waals surface area contributed by atoms with Crippen molar-refractivity contribution in [2.75, 3.05) is 0 Å². The SMILES string of the molecule is NC(=O)C(c1ccccc1)(c1cccnc1)n1cnc2cccnc21. The molecule has 25 heavy (non-hydrogen) atoms. The third-order valence-corrected chi connectivity index (χ3v) is 4.30. The molecule has 1 unspecified atom stereocenters. The van der Waals surface area contributed by atoms with E-state index in [4.69, 9.17) is 5.73 Å². The molecule has 3 aromatic heterocycles. The number of imidazole rings is 1. The van der Waals surface area contributed by atoms with Crippen LogP contribution in [0.15, 0.2) is 79.5 Å². The first-order valence-corrected chi connectivity index (χ1v) is 7.79. The van der Waals surface area contributed by atoms with E-state index in [9.17, 15) is 4.79 Å². The number of pyridine rings is 2. The molecule has 122 valence electrons. The van der Waals surface area contributed by atoms with Crippen LogP contribution in [-0.4, -0.2) is 25.4 Å². The van der Waals surface area contributed by atoms with Crippen LogP contribution in [0.1, 0.15) is 11.1 Å². The molecule has 4 aromatic rings. The molecule has 1 aromatic carbocycles. The van der Waals surface area contributed by atoms with E-state index in [2.05, 4.69) is 15.0 Å². The molecule has 3 heterocycles.